The van der Waals surface area contributed by atoms with Crippen LogP contribution in [0.3, 0.4) is 0 Å². The molecule has 0 N–H and O–H groups in total. The Bertz CT molecular complexity index is 618. The number of halogens is 1. The van der Waals surface area contributed by atoms with Crippen molar-refractivity contribution in [2.45, 2.75) is 12.7 Å². The molecule has 0 saturated heterocycles. The van der Waals surface area contributed by atoms with E-state index in [9.17, 15) is 4.79 Å². The smallest absolute Gasteiger partial charge is 0.309 e. The molecule has 0 bridgehead atoms. The third-order valence-corrected chi connectivity index (χ3v) is 4.30. The fraction of sp³-hybridized carbons (Fsp3) is 0.357. The number of hydrogen-bond donors (Lipinski definition) is 0. The van der Waals surface area contributed by atoms with Crippen molar-refractivity contribution in [1.82, 2.24) is 10.1 Å². The SMILES string of the molecule is COC(=O)C(C)CSCc1noc(-c2ccccc2Cl)n1. The normalized spacial score (nSPS) is 12.1. The summed E-state index contributed by atoms with van der Waals surface area (Å²) in [6, 6.07) is 7.30. The average Bonchev–Trinajstić information content (AvgIpc) is 2.95. The standard InChI is InChI=1S/C14H15ClN2O3S/c1-9(14(18)19-2)7-21-8-12-16-13(20-17-12)10-5-3-4-6-11(10)15/h3-6,9H,7-8H2,1-2H3. The van der Waals surface area contributed by atoms with E-state index < -0.39 is 0 Å². The molecular formula is C14H15ClN2O3S. The van der Waals surface area contributed by atoms with Gasteiger partial charge in [0.2, 0.25) is 0 Å². The number of carbonyl (C=O) groups is 1. The molecule has 0 aliphatic carbocycles. The number of nitrogens with zero attached hydrogens (tertiary/aromatic N) is 2. The zero-order valence-electron chi connectivity index (χ0n) is 11.7. The van der Waals surface area contributed by atoms with Gasteiger partial charge in [-0.25, -0.2) is 0 Å². The number of benzene rings is 1. The van der Waals surface area contributed by atoms with Crippen LogP contribution in [-0.4, -0.2) is 29.0 Å². The average molecular weight is 327 g/mol. The van der Waals surface area contributed by atoms with Crippen LogP contribution in [-0.2, 0) is 15.3 Å². The van der Waals surface area contributed by atoms with E-state index in [2.05, 4.69) is 14.9 Å². The first-order chi connectivity index (χ1) is 10.1. The lowest BCUT2D eigenvalue weighted by atomic mass is 10.2. The Morgan fingerprint density at radius 1 is 1.48 bits per heavy atom. The summed E-state index contributed by atoms with van der Waals surface area (Å²) >= 11 is 7.63. The van der Waals surface area contributed by atoms with E-state index in [1.807, 2.05) is 25.1 Å². The van der Waals surface area contributed by atoms with Crippen molar-refractivity contribution in [1.29, 1.82) is 0 Å². The minimum absolute atomic E-state index is 0.157. The molecular weight excluding hydrogens is 312 g/mol. The number of ether oxygens (including phenoxy) is 1. The number of methoxy groups -OCH3 is 1. The highest BCUT2D eigenvalue weighted by Crippen LogP contribution is 2.26. The second-order valence-electron chi connectivity index (χ2n) is 4.43. The number of hydrogen-bond acceptors (Lipinski definition) is 6. The van der Waals surface area contributed by atoms with Crippen LogP contribution in [0.4, 0.5) is 0 Å². The maximum Gasteiger partial charge on any atom is 0.309 e. The van der Waals surface area contributed by atoms with Crippen molar-refractivity contribution in [2.24, 2.45) is 5.92 Å². The summed E-state index contributed by atoms with van der Waals surface area (Å²) in [7, 11) is 1.39. The van der Waals surface area contributed by atoms with Crippen LogP contribution in [0.1, 0.15) is 12.7 Å². The molecule has 0 aliphatic heterocycles. The van der Waals surface area contributed by atoms with Crippen molar-refractivity contribution in [3.63, 3.8) is 0 Å². The topological polar surface area (TPSA) is 65.2 Å². The van der Waals surface area contributed by atoms with Crippen molar-refractivity contribution in [3.8, 4) is 11.5 Å². The molecule has 1 heterocycles. The minimum atomic E-state index is -0.215. The Kier molecular flexibility index (Phi) is 5.64. The van der Waals surface area contributed by atoms with E-state index in [1.54, 1.807) is 17.8 Å². The maximum atomic E-state index is 11.3. The van der Waals surface area contributed by atoms with Gasteiger partial charge in [0.05, 0.1) is 29.4 Å². The molecule has 5 nitrogen and oxygen atoms in total. The molecule has 21 heavy (non-hydrogen) atoms. The Balaban J connectivity index is 1.92. The van der Waals surface area contributed by atoms with Crippen LogP contribution >= 0.6 is 23.4 Å². The Hall–Kier alpha value is -1.53. The second kappa shape index (κ2) is 7.47. The zero-order chi connectivity index (χ0) is 15.2. The highest BCUT2D eigenvalue weighted by Gasteiger charge is 2.15. The molecule has 1 aromatic heterocycles. The first kappa shape index (κ1) is 15.9. The molecule has 112 valence electrons. The highest BCUT2D eigenvalue weighted by molar-refractivity contribution is 7.98. The molecule has 0 amide bonds. The Morgan fingerprint density at radius 3 is 2.95 bits per heavy atom. The predicted octanol–water partition coefficient (Wildman–Crippen LogP) is 3.43. The van der Waals surface area contributed by atoms with Crippen LogP contribution in [0.25, 0.3) is 11.5 Å². The summed E-state index contributed by atoms with van der Waals surface area (Å²) in [5.41, 5.74) is 0.714. The quantitative estimate of drug-likeness (QED) is 0.758. The molecule has 1 aromatic carbocycles. The van der Waals surface area contributed by atoms with Gasteiger partial charge >= 0.3 is 5.97 Å². The molecule has 2 rings (SSSR count). The van der Waals surface area contributed by atoms with Gasteiger partial charge < -0.3 is 9.26 Å². The van der Waals surface area contributed by atoms with Gasteiger partial charge in [0.25, 0.3) is 5.89 Å². The van der Waals surface area contributed by atoms with Gasteiger partial charge in [-0.05, 0) is 12.1 Å². The molecule has 2 aromatic rings. The second-order valence-corrected chi connectivity index (χ2v) is 5.87. The van der Waals surface area contributed by atoms with Gasteiger partial charge in [0.1, 0.15) is 0 Å². The Labute approximate surface area is 132 Å². The summed E-state index contributed by atoms with van der Waals surface area (Å²) in [6.07, 6.45) is 0. The van der Waals surface area contributed by atoms with Crippen molar-refractivity contribution >= 4 is 29.3 Å². The predicted molar refractivity (Wildman–Crippen MR) is 82.1 cm³/mol. The first-order valence-corrected chi connectivity index (χ1v) is 7.88. The fourth-order valence-electron chi connectivity index (χ4n) is 1.65. The summed E-state index contributed by atoms with van der Waals surface area (Å²) < 4.78 is 9.88. The van der Waals surface area contributed by atoms with E-state index in [0.717, 1.165) is 0 Å². The fourth-order valence-corrected chi connectivity index (χ4v) is 2.78. The molecule has 1 unspecified atom stereocenters. The lowest BCUT2D eigenvalue weighted by molar-refractivity contribution is -0.143. The van der Waals surface area contributed by atoms with Crippen molar-refractivity contribution in [3.05, 3.63) is 35.1 Å². The van der Waals surface area contributed by atoms with E-state index in [-0.39, 0.29) is 11.9 Å². The number of aromatic nitrogens is 2. The van der Waals surface area contributed by atoms with Gasteiger partial charge in [-0.15, -0.1) is 0 Å². The van der Waals surface area contributed by atoms with Crippen LogP contribution in [0.2, 0.25) is 5.02 Å². The van der Waals surface area contributed by atoms with E-state index >= 15 is 0 Å². The van der Waals surface area contributed by atoms with E-state index in [0.29, 0.717) is 33.8 Å². The lowest BCUT2D eigenvalue weighted by Crippen LogP contribution is -2.14. The highest BCUT2D eigenvalue weighted by atomic mass is 35.5. The van der Waals surface area contributed by atoms with Crippen LogP contribution in [0.5, 0.6) is 0 Å². The van der Waals surface area contributed by atoms with Gasteiger partial charge in [-0.1, -0.05) is 35.8 Å². The first-order valence-electron chi connectivity index (χ1n) is 6.35. The Morgan fingerprint density at radius 2 is 2.24 bits per heavy atom. The third-order valence-electron chi connectivity index (χ3n) is 2.77. The van der Waals surface area contributed by atoms with Crippen LogP contribution in [0.15, 0.2) is 28.8 Å². The van der Waals surface area contributed by atoms with Crippen LogP contribution < -0.4 is 0 Å². The number of thioether (sulfide) groups is 1. The largest absolute Gasteiger partial charge is 0.469 e. The van der Waals surface area contributed by atoms with Crippen molar-refractivity contribution < 1.29 is 14.1 Å². The molecule has 0 aliphatic rings. The van der Waals surface area contributed by atoms with Gasteiger partial charge in [0, 0.05) is 5.75 Å². The minimum Gasteiger partial charge on any atom is -0.469 e. The molecule has 0 radical (unpaired) electrons. The maximum absolute atomic E-state index is 11.3. The zero-order valence-corrected chi connectivity index (χ0v) is 13.3. The molecule has 0 spiro atoms. The number of rotatable bonds is 6. The van der Waals surface area contributed by atoms with Crippen molar-refractivity contribution in [2.75, 3.05) is 12.9 Å². The summed E-state index contributed by atoms with van der Waals surface area (Å²) in [5, 5.41) is 4.48. The summed E-state index contributed by atoms with van der Waals surface area (Å²) in [6.45, 7) is 1.82. The monoisotopic (exact) mass is 326 g/mol. The van der Waals surface area contributed by atoms with Gasteiger partial charge in [0.15, 0.2) is 5.82 Å². The molecule has 0 saturated carbocycles. The summed E-state index contributed by atoms with van der Waals surface area (Å²) in [4.78, 5) is 15.6. The molecule has 7 heteroatoms. The van der Waals surface area contributed by atoms with Crippen LogP contribution in [0, 0.1) is 5.92 Å². The molecule has 0 fully saturated rings. The van der Waals surface area contributed by atoms with E-state index in [4.69, 9.17) is 16.1 Å². The molecule has 1 atom stereocenters. The van der Waals surface area contributed by atoms with E-state index in [1.165, 1.54) is 7.11 Å². The third kappa shape index (κ3) is 4.22. The lowest BCUT2D eigenvalue weighted by Gasteiger charge is -2.06. The number of esters is 1. The summed E-state index contributed by atoms with van der Waals surface area (Å²) in [5.74, 6) is 1.81. The van der Waals surface area contributed by atoms with Gasteiger partial charge in [-0.3, -0.25) is 4.79 Å². The van der Waals surface area contributed by atoms with Gasteiger partial charge in [-0.2, -0.15) is 16.7 Å². The number of carbonyl (C=O) groups excluding carboxylic acids is 1.